The molecule has 1 aromatic carbocycles. The lowest BCUT2D eigenvalue weighted by atomic mass is 10.0. The third-order valence-corrected chi connectivity index (χ3v) is 4.57. The van der Waals surface area contributed by atoms with Gasteiger partial charge in [0, 0.05) is 17.8 Å². The number of amides is 1. The van der Waals surface area contributed by atoms with Crippen LogP contribution in [0.15, 0.2) is 30.5 Å². The number of nitrogens with one attached hydrogen (secondary N) is 1. The number of hydrogen-bond donors (Lipinski definition) is 1. The molecule has 0 atom stereocenters. The van der Waals surface area contributed by atoms with Crippen molar-refractivity contribution in [2.75, 3.05) is 19.5 Å². The topological polar surface area (TPSA) is 78.3 Å². The van der Waals surface area contributed by atoms with Crippen LogP contribution in [0.2, 0.25) is 0 Å². The van der Waals surface area contributed by atoms with E-state index in [0.29, 0.717) is 28.4 Å². The Bertz CT molecular complexity index is 1010. The molecule has 0 bridgehead atoms. The van der Waals surface area contributed by atoms with Crippen LogP contribution in [0, 0.1) is 0 Å². The zero-order chi connectivity index (χ0) is 20.4. The third-order valence-electron chi connectivity index (χ3n) is 4.57. The van der Waals surface area contributed by atoms with Gasteiger partial charge in [0.2, 0.25) is 0 Å². The van der Waals surface area contributed by atoms with Crippen molar-refractivity contribution in [1.82, 2.24) is 14.8 Å². The first-order chi connectivity index (χ1) is 13.3. The molecule has 3 aromatic rings. The van der Waals surface area contributed by atoms with Crippen LogP contribution < -0.4 is 14.8 Å². The van der Waals surface area contributed by atoms with E-state index in [0.717, 1.165) is 11.1 Å². The van der Waals surface area contributed by atoms with E-state index in [2.05, 4.69) is 24.3 Å². The summed E-state index contributed by atoms with van der Waals surface area (Å²) in [5.41, 5.74) is 2.67. The molecule has 0 aliphatic heterocycles. The van der Waals surface area contributed by atoms with Crippen LogP contribution >= 0.6 is 0 Å². The maximum absolute atomic E-state index is 13.1. The van der Waals surface area contributed by atoms with E-state index < -0.39 is 0 Å². The molecule has 0 saturated heterocycles. The number of anilines is 1. The number of carbonyl (C=O) groups excluding carboxylic acids is 1. The van der Waals surface area contributed by atoms with E-state index in [1.165, 1.54) is 0 Å². The molecule has 1 amide bonds. The number of ether oxygens (including phenoxy) is 2. The van der Waals surface area contributed by atoms with E-state index in [-0.39, 0.29) is 17.9 Å². The number of carbonyl (C=O) groups is 1. The number of benzene rings is 1. The van der Waals surface area contributed by atoms with Crippen LogP contribution in [-0.2, 0) is 0 Å². The quantitative estimate of drug-likeness (QED) is 0.683. The molecule has 1 N–H and O–H groups in total. The third kappa shape index (κ3) is 3.65. The molecule has 148 valence electrons. The Morgan fingerprint density at radius 2 is 1.86 bits per heavy atom. The van der Waals surface area contributed by atoms with E-state index >= 15 is 0 Å². The van der Waals surface area contributed by atoms with E-state index in [1.54, 1.807) is 38.6 Å². The Labute approximate surface area is 164 Å². The second-order valence-electron chi connectivity index (χ2n) is 7.19. The van der Waals surface area contributed by atoms with Gasteiger partial charge in [0.1, 0.15) is 11.5 Å². The highest BCUT2D eigenvalue weighted by Crippen LogP contribution is 2.30. The summed E-state index contributed by atoms with van der Waals surface area (Å²) in [4.78, 5) is 17.9. The minimum Gasteiger partial charge on any atom is -0.497 e. The molecule has 2 aromatic heterocycles. The van der Waals surface area contributed by atoms with Gasteiger partial charge in [0.25, 0.3) is 5.91 Å². The summed E-state index contributed by atoms with van der Waals surface area (Å²) in [6, 6.07) is 7.24. The fourth-order valence-corrected chi connectivity index (χ4v) is 2.99. The average molecular weight is 382 g/mol. The van der Waals surface area contributed by atoms with Gasteiger partial charge in [-0.25, -0.2) is 9.67 Å². The number of pyridine rings is 1. The SMILES string of the molecule is COc1ccc(NC(=O)c2cc(C(C)C)nc3c2cnn3C(C)C)c(OC)c1. The van der Waals surface area contributed by atoms with Gasteiger partial charge in [-0.3, -0.25) is 4.79 Å². The first-order valence-corrected chi connectivity index (χ1v) is 9.27. The summed E-state index contributed by atoms with van der Waals surface area (Å²) < 4.78 is 12.4. The van der Waals surface area contributed by atoms with Gasteiger partial charge in [-0.05, 0) is 38.0 Å². The minimum absolute atomic E-state index is 0.144. The summed E-state index contributed by atoms with van der Waals surface area (Å²) in [6.45, 7) is 8.19. The second-order valence-corrected chi connectivity index (χ2v) is 7.19. The normalized spacial score (nSPS) is 11.3. The van der Waals surface area contributed by atoms with Crippen molar-refractivity contribution in [1.29, 1.82) is 0 Å². The molecular weight excluding hydrogens is 356 g/mol. The predicted molar refractivity (Wildman–Crippen MR) is 110 cm³/mol. The van der Waals surface area contributed by atoms with Crippen molar-refractivity contribution >= 4 is 22.6 Å². The maximum Gasteiger partial charge on any atom is 0.256 e. The van der Waals surface area contributed by atoms with Crippen molar-refractivity contribution in [2.45, 2.75) is 39.7 Å². The largest absolute Gasteiger partial charge is 0.497 e. The fourth-order valence-electron chi connectivity index (χ4n) is 2.99. The molecule has 28 heavy (non-hydrogen) atoms. The molecule has 3 rings (SSSR count). The summed E-state index contributed by atoms with van der Waals surface area (Å²) in [7, 11) is 3.14. The van der Waals surface area contributed by atoms with Crippen LogP contribution in [0.25, 0.3) is 11.0 Å². The van der Waals surface area contributed by atoms with Gasteiger partial charge in [0.05, 0.1) is 37.1 Å². The highest BCUT2D eigenvalue weighted by molar-refractivity contribution is 6.12. The molecule has 0 radical (unpaired) electrons. The summed E-state index contributed by atoms with van der Waals surface area (Å²) in [6.07, 6.45) is 1.70. The minimum atomic E-state index is -0.235. The molecule has 0 spiro atoms. The molecule has 0 saturated carbocycles. The van der Waals surface area contributed by atoms with Crippen LogP contribution in [0.5, 0.6) is 11.5 Å². The van der Waals surface area contributed by atoms with Gasteiger partial charge in [-0.1, -0.05) is 13.8 Å². The molecule has 0 fully saturated rings. The smallest absolute Gasteiger partial charge is 0.256 e. The van der Waals surface area contributed by atoms with Crippen molar-refractivity contribution in [3.8, 4) is 11.5 Å². The molecule has 7 heteroatoms. The van der Waals surface area contributed by atoms with Crippen LogP contribution in [0.3, 0.4) is 0 Å². The highest BCUT2D eigenvalue weighted by atomic mass is 16.5. The van der Waals surface area contributed by atoms with E-state index in [1.807, 2.05) is 24.6 Å². The number of methoxy groups -OCH3 is 2. The Morgan fingerprint density at radius 3 is 2.46 bits per heavy atom. The zero-order valence-corrected chi connectivity index (χ0v) is 17.1. The van der Waals surface area contributed by atoms with Gasteiger partial charge >= 0.3 is 0 Å². The number of fused-ring (bicyclic) bond motifs is 1. The lowest BCUT2D eigenvalue weighted by Crippen LogP contribution is -2.15. The Balaban J connectivity index is 2.06. The lowest BCUT2D eigenvalue weighted by Gasteiger charge is -2.14. The van der Waals surface area contributed by atoms with E-state index in [9.17, 15) is 4.79 Å². The van der Waals surface area contributed by atoms with Gasteiger partial charge < -0.3 is 14.8 Å². The lowest BCUT2D eigenvalue weighted by molar-refractivity contribution is 0.102. The van der Waals surface area contributed by atoms with Gasteiger partial charge in [-0.2, -0.15) is 5.10 Å². The van der Waals surface area contributed by atoms with Crippen LogP contribution in [0.1, 0.15) is 55.7 Å². The molecule has 0 aliphatic rings. The molecule has 0 aliphatic carbocycles. The Morgan fingerprint density at radius 1 is 1.11 bits per heavy atom. The molecular formula is C21H26N4O3. The summed E-state index contributed by atoms with van der Waals surface area (Å²) in [5.74, 6) is 1.13. The summed E-state index contributed by atoms with van der Waals surface area (Å²) >= 11 is 0. The number of hydrogen-bond acceptors (Lipinski definition) is 5. The first-order valence-electron chi connectivity index (χ1n) is 9.27. The fraction of sp³-hybridized carbons (Fsp3) is 0.381. The number of aromatic nitrogens is 3. The van der Waals surface area contributed by atoms with Gasteiger partial charge in [0.15, 0.2) is 5.65 Å². The molecule has 7 nitrogen and oxygen atoms in total. The van der Waals surface area contributed by atoms with Crippen molar-refractivity contribution in [3.05, 3.63) is 41.7 Å². The van der Waals surface area contributed by atoms with Crippen LogP contribution in [0.4, 0.5) is 5.69 Å². The Kier molecular flexibility index (Phi) is 5.53. The first kappa shape index (κ1) is 19.7. The standard InChI is InChI=1S/C21H26N4O3/c1-12(2)18-10-15(16-11-22-25(13(3)4)20(16)23-18)21(26)24-17-8-7-14(27-5)9-19(17)28-6/h7-13H,1-6H3,(H,24,26). The highest BCUT2D eigenvalue weighted by Gasteiger charge is 2.20. The second kappa shape index (κ2) is 7.88. The Hall–Kier alpha value is -3.09. The summed E-state index contributed by atoms with van der Waals surface area (Å²) in [5, 5.41) is 8.10. The van der Waals surface area contributed by atoms with Gasteiger partial charge in [-0.15, -0.1) is 0 Å². The van der Waals surface area contributed by atoms with Crippen molar-refractivity contribution in [3.63, 3.8) is 0 Å². The number of rotatable bonds is 6. The number of nitrogens with zero attached hydrogens (tertiary/aromatic N) is 3. The molecule has 2 heterocycles. The predicted octanol–water partition coefficient (Wildman–Crippen LogP) is 4.41. The van der Waals surface area contributed by atoms with E-state index in [4.69, 9.17) is 14.5 Å². The van der Waals surface area contributed by atoms with Crippen molar-refractivity contribution < 1.29 is 14.3 Å². The average Bonchev–Trinajstić information content (AvgIpc) is 3.11. The maximum atomic E-state index is 13.1. The molecule has 0 unspecified atom stereocenters. The monoisotopic (exact) mass is 382 g/mol. The van der Waals surface area contributed by atoms with Crippen LogP contribution in [-0.4, -0.2) is 34.9 Å². The zero-order valence-electron chi connectivity index (χ0n) is 17.1. The van der Waals surface area contributed by atoms with Crippen molar-refractivity contribution in [2.24, 2.45) is 0 Å².